The first kappa shape index (κ1) is 28.0. The summed E-state index contributed by atoms with van der Waals surface area (Å²) in [6, 6.07) is 0.503. The third kappa shape index (κ3) is 6.20. The summed E-state index contributed by atoms with van der Waals surface area (Å²) < 4.78 is 12.9. The van der Waals surface area contributed by atoms with Crippen molar-refractivity contribution in [3.05, 3.63) is 0 Å². The predicted molar refractivity (Wildman–Crippen MR) is 153 cm³/mol. The van der Waals surface area contributed by atoms with Crippen LogP contribution < -0.4 is 0 Å². The minimum absolute atomic E-state index is 0.227. The second-order valence-electron chi connectivity index (χ2n) is 13.2. The van der Waals surface area contributed by atoms with E-state index in [2.05, 4.69) is 77.5 Å². The number of thiocarbonyl (C=S) groups is 1. The Morgan fingerprint density at radius 2 is 1.12 bits per heavy atom. The summed E-state index contributed by atoms with van der Waals surface area (Å²) in [7, 11) is -3.49. The molecule has 0 aliphatic carbocycles. The van der Waals surface area contributed by atoms with Crippen molar-refractivity contribution in [1.29, 1.82) is 0 Å². The van der Waals surface area contributed by atoms with E-state index in [1.54, 1.807) is 0 Å². The molecular formula is C25H48N4O2SSi2. The molecule has 3 aliphatic rings. The Kier molecular flexibility index (Phi) is 8.25. The van der Waals surface area contributed by atoms with Crippen molar-refractivity contribution in [2.24, 2.45) is 9.98 Å². The van der Waals surface area contributed by atoms with E-state index in [1.165, 1.54) is 0 Å². The Morgan fingerprint density at radius 3 is 1.44 bits per heavy atom. The lowest BCUT2D eigenvalue weighted by atomic mass is 10.2. The third-order valence-electron chi connectivity index (χ3n) is 8.58. The highest BCUT2D eigenvalue weighted by Gasteiger charge is 2.40. The first-order valence-corrected chi connectivity index (χ1v) is 19.2. The van der Waals surface area contributed by atoms with Crippen LogP contribution in [0.15, 0.2) is 9.98 Å². The summed E-state index contributed by atoms with van der Waals surface area (Å²) >= 11 is 5.90. The zero-order valence-corrected chi connectivity index (χ0v) is 26.1. The second-order valence-corrected chi connectivity index (χ2v) is 23.2. The Balaban J connectivity index is 1.55. The molecule has 3 rings (SSSR count). The molecule has 0 N–H and O–H groups in total. The van der Waals surface area contributed by atoms with Crippen molar-refractivity contribution >= 4 is 45.6 Å². The molecule has 3 heterocycles. The van der Waals surface area contributed by atoms with Crippen LogP contribution in [0, 0.1) is 0 Å². The number of hydrogen-bond donors (Lipinski definition) is 0. The number of aliphatic imine (C=N–C) groups is 2. The molecule has 6 nitrogen and oxygen atoms in total. The van der Waals surface area contributed by atoms with Crippen LogP contribution in [-0.4, -0.2) is 81.6 Å². The van der Waals surface area contributed by atoms with Gasteiger partial charge in [0.15, 0.2) is 21.7 Å². The SMILES string of the molecule is CC(C)(C)[Si](C)(C)OC[C@H]1CCC(N2CCN(C3=N[C@@H](CO[Si](C)(C)C(C)(C)C)CC3)C2=S)=N1. The van der Waals surface area contributed by atoms with E-state index in [0.29, 0.717) is 0 Å². The van der Waals surface area contributed by atoms with Crippen molar-refractivity contribution < 1.29 is 8.85 Å². The molecule has 2 atom stereocenters. The van der Waals surface area contributed by atoms with Crippen LogP contribution in [0.1, 0.15) is 67.2 Å². The molecule has 194 valence electrons. The van der Waals surface area contributed by atoms with Gasteiger partial charge in [-0.1, -0.05) is 41.5 Å². The first-order valence-electron chi connectivity index (χ1n) is 13.0. The molecule has 34 heavy (non-hydrogen) atoms. The lowest BCUT2D eigenvalue weighted by Gasteiger charge is -2.36. The molecule has 0 radical (unpaired) electrons. The van der Waals surface area contributed by atoms with Crippen molar-refractivity contribution in [2.75, 3.05) is 26.3 Å². The van der Waals surface area contributed by atoms with Gasteiger partial charge in [-0.05, 0) is 61.3 Å². The zero-order chi connectivity index (χ0) is 25.5. The highest BCUT2D eigenvalue weighted by Crippen LogP contribution is 2.38. The predicted octanol–water partition coefficient (Wildman–Crippen LogP) is 6.05. The molecule has 0 spiro atoms. The Labute approximate surface area is 215 Å². The molecule has 0 saturated carbocycles. The molecule has 9 heteroatoms. The topological polar surface area (TPSA) is 49.7 Å². The van der Waals surface area contributed by atoms with Gasteiger partial charge in [-0.25, -0.2) is 0 Å². The summed E-state index contributed by atoms with van der Waals surface area (Å²) in [6.45, 7) is 26.2. The van der Waals surface area contributed by atoms with Crippen LogP contribution in [0.5, 0.6) is 0 Å². The van der Waals surface area contributed by atoms with Gasteiger partial charge in [-0.15, -0.1) is 0 Å². The number of amidine groups is 2. The first-order chi connectivity index (χ1) is 15.5. The zero-order valence-electron chi connectivity index (χ0n) is 23.3. The fourth-order valence-corrected chi connectivity index (χ4v) is 6.46. The van der Waals surface area contributed by atoms with E-state index >= 15 is 0 Å². The molecule has 3 aliphatic heterocycles. The van der Waals surface area contributed by atoms with E-state index in [0.717, 1.165) is 68.8 Å². The molecule has 0 aromatic rings. The number of hydrogen-bond acceptors (Lipinski definition) is 5. The second kappa shape index (κ2) is 10.0. The molecule has 1 saturated heterocycles. The fourth-order valence-electron chi connectivity index (χ4n) is 3.98. The van der Waals surface area contributed by atoms with Crippen LogP contribution in [0.4, 0.5) is 0 Å². The standard InChI is InChI=1S/C25H48N4O2SSi2/c1-24(2,3)33(7,8)30-17-19-11-13-21(26-19)28-15-16-29(23(28)32)22-14-12-20(27-22)18-31-34(9,10)25(4,5)6/h19-20H,11-18H2,1-10H3/t19-,20-/m1/s1. The monoisotopic (exact) mass is 524 g/mol. The van der Waals surface area contributed by atoms with Crippen molar-refractivity contribution in [2.45, 2.75) is 116 Å². The van der Waals surface area contributed by atoms with Gasteiger partial charge < -0.3 is 18.7 Å². The van der Waals surface area contributed by atoms with Crippen LogP contribution in [0.25, 0.3) is 0 Å². The Hall–Kier alpha value is -0.616. The molecule has 0 amide bonds. The summed E-state index contributed by atoms with van der Waals surface area (Å²) in [4.78, 5) is 14.5. The van der Waals surface area contributed by atoms with Gasteiger partial charge in [0.05, 0.1) is 25.3 Å². The Bertz CT molecular complexity index is 764. The molecule has 0 aromatic heterocycles. The Morgan fingerprint density at radius 1 is 0.765 bits per heavy atom. The maximum atomic E-state index is 6.44. The van der Waals surface area contributed by atoms with Crippen molar-refractivity contribution in [3.8, 4) is 0 Å². The minimum Gasteiger partial charge on any atom is -0.415 e. The minimum atomic E-state index is -1.74. The van der Waals surface area contributed by atoms with E-state index in [-0.39, 0.29) is 22.2 Å². The van der Waals surface area contributed by atoms with Gasteiger partial charge in [0.2, 0.25) is 0 Å². The maximum absolute atomic E-state index is 6.44. The van der Waals surface area contributed by atoms with Gasteiger partial charge >= 0.3 is 0 Å². The van der Waals surface area contributed by atoms with Crippen LogP contribution in [0.2, 0.25) is 36.3 Å². The van der Waals surface area contributed by atoms with E-state index in [9.17, 15) is 0 Å². The van der Waals surface area contributed by atoms with Gasteiger partial charge in [0, 0.05) is 25.9 Å². The quantitative estimate of drug-likeness (QED) is 0.312. The fraction of sp³-hybridized carbons (Fsp3) is 0.880. The van der Waals surface area contributed by atoms with Crippen LogP contribution in [-0.2, 0) is 8.85 Å². The highest BCUT2D eigenvalue weighted by molar-refractivity contribution is 7.80. The summed E-state index contributed by atoms with van der Waals surface area (Å²) in [5.41, 5.74) is 0. The smallest absolute Gasteiger partial charge is 0.192 e. The average Bonchev–Trinajstić information content (AvgIpc) is 3.42. The summed E-state index contributed by atoms with van der Waals surface area (Å²) in [5, 5.41) is 1.32. The summed E-state index contributed by atoms with van der Waals surface area (Å²) in [5.74, 6) is 2.26. The molecule has 0 aromatic carbocycles. The van der Waals surface area contributed by atoms with Gasteiger partial charge in [0.25, 0.3) is 0 Å². The average molecular weight is 525 g/mol. The highest BCUT2D eigenvalue weighted by atomic mass is 32.1. The molecular weight excluding hydrogens is 477 g/mol. The normalized spacial score (nSPS) is 24.8. The van der Waals surface area contributed by atoms with Crippen LogP contribution >= 0.6 is 12.2 Å². The van der Waals surface area contributed by atoms with Gasteiger partial charge in [-0.2, -0.15) is 0 Å². The summed E-state index contributed by atoms with van der Waals surface area (Å²) in [6.07, 6.45) is 4.07. The number of rotatable bonds is 6. The van der Waals surface area contributed by atoms with Crippen molar-refractivity contribution in [1.82, 2.24) is 9.80 Å². The largest absolute Gasteiger partial charge is 0.415 e. The molecule has 1 fully saturated rings. The number of nitrogens with zero attached hydrogens (tertiary/aromatic N) is 4. The third-order valence-corrected chi connectivity index (χ3v) is 18.0. The van der Waals surface area contributed by atoms with E-state index in [1.807, 2.05) is 0 Å². The lowest BCUT2D eigenvalue weighted by molar-refractivity contribution is 0.263. The van der Waals surface area contributed by atoms with E-state index < -0.39 is 16.6 Å². The van der Waals surface area contributed by atoms with E-state index in [4.69, 9.17) is 31.1 Å². The van der Waals surface area contributed by atoms with Gasteiger partial charge in [-0.3, -0.25) is 9.98 Å². The molecule has 0 unspecified atom stereocenters. The lowest BCUT2D eigenvalue weighted by Crippen LogP contribution is -2.42. The van der Waals surface area contributed by atoms with Crippen molar-refractivity contribution in [3.63, 3.8) is 0 Å². The van der Waals surface area contributed by atoms with Crippen LogP contribution in [0.3, 0.4) is 0 Å². The van der Waals surface area contributed by atoms with Gasteiger partial charge in [0.1, 0.15) is 11.7 Å². The maximum Gasteiger partial charge on any atom is 0.192 e. The molecule has 0 bridgehead atoms.